The summed E-state index contributed by atoms with van der Waals surface area (Å²) in [4.78, 5) is 2.27. The number of para-hydroxylation sites is 1. The second kappa shape index (κ2) is 5.96. The first-order chi connectivity index (χ1) is 8.68. The van der Waals surface area contributed by atoms with E-state index in [2.05, 4.69) is 4.90 Å². The highest BCUT2D eigenvalue weighted by atomic mass is 16.5. The molecule has 0 unspecified atom stereocenters. The van der Waals surface area contributed by atoms with Gasteiger partial charge in [-0.2, -0.15) is 0 Å². The zero-order valence-electron chi connectivity index (χ0n) is 11.2. The topological polar surface area (TPSA) is 47.7 Å². The molecule has 0 saturated carbocycles. The van der Waals surface area contributed by atoms with E-state index in [0.29, 0.717) is 0 Å². The van der Waals surface area contributed by atoms with Gasteiger partial charge in [0.2, 0.25) is 0 Å². The van der Waals surface area contributed by atoms with Gasteiger partial charge < -0.3 is 20.1 Å². The molecule has 0 bridgehead atoms. The van der Waals surface area contributed by atoms with Crippen LogP contribution >= 0.6 is 0 Å². The van der Waals surface area contributed by atoms with Gasteiger partial charge >= 0.3 is 0 Å². The highest BCUT2D eigenvalue weighted by Crippen LogP contribution is 2.33. The molecule has 0 atom stereocenters. The number of rotatable bonds is 3. The molecule has 18 heavy (non-hydrogen) atoms. The smallest absolute Gasteiger partial charge is 0.144 e. The van der Waals surface area contributed by atoms with E-state index in [1.807, 2.05) is 32.0 Å². The van der Waals surface area contributed by atoms with E-state index in [1.165, 1.54) is 0 Å². The molecular formula is C14H22N2O2. The zero-order valence-corrected chi connectivity index (χ0v) is 11.2. The van der Waals surface area contributed by atoms with Crippen molar-refractivity contribution in [2.45, 2.75) is 26.4 Å². The summed E-state index contributed by atoms with van der Waals surface area (Å²) in [7, 11) is 0. The van der Waals surface area contributed by atoms with Gasteiger partial charge in [0.25, 0.3) is 0 Å². The molecule has 0 aliphatic carbocycles. The highest BCUT2D eigenvalue weighted by Gasteiger charge is 2.15. The minimum Gasteiger partial charge on any atom is -0.489 e. The van der Waals surface area contributed by atoms with Crippen molar-refractivity contribution in [1.82, 2.24) is 0 Å². The van der Waals surface area contributed by atoms with E-state index < -0.39 is 0 Å². The van der Waals surface area contributed by atoms with Gasteiger partial charge in [0.1, 0.15) is 5.75 Å². The Kier molecular flexibility index (Phi) is 4.31. The summed E-state index contributed by atoms with van der Waals surface area (Å²) in [5.41, 5.74) is 7.99. The highest BCUT2D eigenvalue weighted by molar-refractivity contribution is 5.74. The maximum Gasteiger partial charge on any atom is 0.144 e. The first kappa shape index (κ1) is 13.0. The first-order valence-corrected chi connectivity index (χ1v) is 6.56. The number of benzene rings is 1. The quantitative estimate of drug-likeness (QED) is 0.836. The molecule has 0 aromatic heterocycles. The van der Waals surface area contributed by atoms with E-state index >= 15 is 0 Å². The summed E-state index contributed by atoms with van der Waals surface area (Å²) < 4.78 is 11.2. The number of nitrogens with zero attached hydrogens (tertiary/aromatic N) is 1. The van der Waals surface area contributed by atoms with Crippen LogP contribution in [0.25, 0.3) is 0 Å². The molecule has 0 amide bonds. The zero-order chi connectivity index (χ0) is 13.0. The van der Waals surface area contributed by atoms with Crippen molar-refractivity contribution in [3.63, 3.8) is 0 Å². The Morgan fingerprint density at radius 3 is 2.89 bits per heavy atom. The van der Waals surface area contributed by atoms with Gasteiger partial charge in [0, 0.05) is 19.7 Å². The second-order valence-electron chi connectivity index (χ2n) is 4.81. The Morgan fingerprint density at radius 2 is 2.11 bits per heavy atom. The molecule has 0 spiro atoms. The Labute approximate surface area is 109 Å². The Morgan fingerprint density at radius 1 is 1.28 bits per heavy atom. The SMILES string of the molecule is CC(C)Oc1cccc(N2CCCOCC2)c1N. The molecular weight excluding hydrogens is 228 g/mol. The fourth-order valence-corrected chi connectivity index (χ4v) is 2.15. The molecule has 100 valence electrons. The molecule has 2 rings (SSSR count). The van der Waals surface area contributed by atoms with Crippen molar-refractivity contribution in [2.24, 2.45) is 0 Å². The lowest BCUT2D eigenvalue weighted by Gasteiger charge is -2.25. The van der Waals surface area contributed by atoms with Crippen LogP contribution in [0.1, 0.15) is 20.3 Å². The molecule has 4 nitrogen and oxygen atoms in total. The molecule has 0 radical (unpaired) electrons. The number of nitrogens with two attached hydrogens (primary N) is 1. The van der Waals surface area contributed by atoms with Gasteiger partial charge in [-0.05, 0) is 32.4 Å². The summed E-state index contributed by atoms with van der Waals surface area (Å²) in [5.74, 6) is 0.771. The van der Waals surface area contributed by atoms with Gasteiger partial charge in [0.05, 0.1) is 24.1 Å². The average Bonchev–Trinajstić information content (AvgIpc) is 2.60. The van der Waals surface area contributed by atoms with E-state index in [9.17, 15) is 0 Å². The van der Waals surface area contributed by atoms with E-state index in [4.69, 9.17) is 15.2 Å². The average molecular weight is 250 g/mol. The van der Waals surface area contributed by atoms with Gasteiger partial charge in [-0.1, -0.05) is 6.07 Å². The van der Waals surface area contributed by atoms with Crippen molar-refractivity contribution in [2.75, 3.05) is 36.9 Å². The molecule has 1 saturated heterocycles. The van der Waals surface area contributed by atoms with Crippen LogP contribution in [-0.4, -0.2) is 32.4 Å². The van der Waals surface area contributed by atoms with Crippen LogP contribution in [0.15, 0.2) is 18.2 Å². The third-order valence-electron chi connectivity index (χ3n) is 2.97. The monoisotopic (exact) mass is 250 g/mol. The van der Waals surface area contributed by atoms with E-state index in [0.717, 1.165) is 49.8 Å². The minimum atomic E-state index is 0.134. The predicted octanol–water partition coefficient (Wildman–Crippen LogP) is 2.28. The Bertz CT molecular complexity index is 385. The molecule has 1 aromatic carbocycles. The van der Waals surface area contributed by atoms with Gasteiger partial charge in [-0.15, -0.1) is 0 Å². The van der Waals surface area contributed by atoms with E-state index in [-0.39, 0.29) is 6.10 Å². The molecule has 1 fully saturated rings. The summed E-state index contributed by atoms with van der Waals surface area (Å²) >= 11 is 0. The van der Waals surface area contributed by atoms with Gasteiger partial charge in [0.15, 0.2) is 0 Å². The Hall–Kier alpha value is -1.42. The van der Waals surface area contributed by atoms with Crippen molar-refractivity contribution in [3.8, 4) is 5.75 Å². The molecule has 1 aliphatic rings. The molecule has 4 heteroatoms. The lowest BCUT2D eigenvalue weighted by Crippen LogP contribution is -2.26. The van der Waals surface area contributed by atoms with Crippen LogP contribution in [0.5, 0.6) is 5.75 Å². The number of ether oxygens (including phenoxy) is 2. The first-order valence-electron chi connectivity index (χ1n) is 6.56. The number of hydrogen-bond acceptors (Lipinski definition) is 4. The fourth-order valence-electron chi connectivity index (χ4n) is 2.15. The number of nitrogen functional groups attached to an aromatic ring is 1. The molecule has 1 aromatic rings. The Balaban J connectivity index is 2.21. The summed E-state index contributed by atoms with van der Waals surface area (Å²) in [6.45, 7) is 7.47. The van der Waals surface area contributed by atoms with Crippen LogP contribution < -0.4 is 15.4 Å². The minimum absolute atomic E-state index is 0.134. The van der Waals surface area contributed by atoms with Gasteiger partial charge in [-0.3, -0.25) is 0 Å². The maximum absolute atomic E-state index is 6.21. The second-order valence-corrected chi connectivity index (χ2v) is 4.81. The van der Waals surface area contributed by atoms with Crippen LogP contribution in [0, 0.1) is 0 Å². The standard InChI is InChI=1S/C14H22N2O2/c1-11(2)18-13-6-3-5-12(14(13)15)16-7-4-9-17-10-8-16/h3,5-6,11H,4,7-10,15H2,1-2H3. The lowest BCUT2D eigenvalue weighted by molar-refractivity contribution is 0.152. The van der Waals surface area contributed by atoms with Crippen molar-refractivity contribution in [3.05, 3.63) is 18.2 Å². The number of hydrogen-bond donors (Lipinski definition) is 1. The summed E-state index contributed by atoms with van der Waals surface area (Å²) in [6, 6.07) is 5.97. The third kappa shape index (κ3) is 3.07. The van der Waals surface area contributed by atoms with Gasteiger partial charge in [-0.25, -0.2) is 0 Å². The van der Waals surface area contributed by atoms with Crippen molar-refractivity contribution in [1.29, 1.82) is 0 Å². The summed E-state index contributed by atoms with van der Waals surface area (Å²) in [5, 5.41) is 0. The maximum atomic E-state index is 6.21. The molecule has 1 heterocycles. The third-order valence-corrected chi connectivity index (χ3v) is 2.97. The lowest BCUT2D eigenvalue weighted by atomic mass is 10.2. The van der Waals surface area contributed by atoms with E-state index in [1.54, 1.807) is 0 Å². The van der Waals surface area contributed by atoms with Crippen molar-refractivity contribution >= 4 is 11.4 Å². The predicted molar refractivity (Wildman–Crippen MR) is 74.3 cm³/mol. The summed E-state index contributed by atoms with van der Waals surface area (Å²) in [6.07, 6.45) is 1.17. The van der Waals surface area contributed by atoms with Crippen LogP contribution in [0.3, 0.4) is 0 Å². The van der Waals surface area contributed by atoms with Crippen LogP contribution in [-0.2, 0) is 4.74 Å². The van der Waals surface area contributed by atoms with Crippen LogP contribution in [0.4, 0.5) is 11.4 Å². The largest absolute Gasteiger partial charge is 0.489 e. The van der Waals surface area contributed by atoms with Crippen molar-refractivity contribution < 1.29 is 9.47 Å². The normalized spacial score (nSPS) is 16.7. The molecule has 2 N–H and O–H groups in total. The molecule has 1 aliphatic heterocycles. The number of anilines is 2. The van der Waals surface area contributed by atoms with Crippen LogP contribution in [0.2, 0.25) is 0 Å². The fraction of sp³-hybridized carbons (Fsp3) is 0.571.